The first-order chi connectivity index (χ1) is 9.23. The van der Waals surface area contributed by atoms with Gasteiger partial charge in [-0.3, -0.25) is 0 Å². The molecule has 1 N–H and O–H groups in total. The standard InChI is InChI=1S/C18H27N/c1-18(12-3-4-13-18)17(19-2)16-10-8-15(9-11-16)14-6-5-7-14/h8-11,14,17,19H,3-7,12-13H2,1-2H3. The molecule has 1 unspecified atom stereocenters. The molecule has 0 aliphatic heterocycles. The second-order valence-electron chi connectivity index (χ2n) is 6.88. The van der Waals surface area contributed by atoms with Crippen LogP contribution >= 0.6 is 0 Å². The molecule has 0 heterocycles. The minimum atomic E-state index is 0.451. The van der Waals surface area contributed by atoms with Crippen LogP contribution in [0.25, 0.3) is 0 Å². The molecule has 0 amide bonds. The zero-order valence-electron chi connectivity index (χ0n) is 12.4. The monoisotopic (exact) mass is 257 g/mol. The van der Waals surface area contributed by atoms with Gasteiger partial charge >= 0.3 is 0 Å². The summed E-state index contributed by atoms with van der Waals surface area (Å²) in [5, 5.41) is 3.58. The van der Waals surface area contributed by atoms with Crippen molar-refractivity contribution in [3.63, 3.8) is 0 Å². The molecule has 1 heteroatoms. The van der Waals surface area contributed by atoms with E-state index in [1.54, 1.807) is 5.56 Å². The van der Waals surface area contributed by atoms with E-state index in [-0.39, 0.29) is 0 Å². The Morgan fingerprint density at radius 1 is 1.05 bits per heavy atom. The highest BCUT2D eigenvalue weighted by atomic mass is 14.9. The summed E-state index contributed by atoms with van der Waals surface area (Å²) in [5.41, 5.74) is 3.49. The summed E-state index contributed by atoms with van der Waals surface area (Å²) < 4.78 is 0. The van der Waals surface area contributed by atoms with Crippen LogP contribution in [0.2, 0.25) is 0 Å². The molecule has 2 aliphatic carbocycles. The molecular formula is C18H27N. The highest BCUT2D eigenvalue weighted by molar-refractivity contribution is 5.29. The van der Waals surface area contributed by atoms with E-state index >= 15 is 0 Å². The van der Waals surface area contributed by atoms with Crippen LogP contribution < -0.4 is 5.32 Å². The molecule has 2 saturated carbocycles. The van der Waals surface area contributed by atoms with Crippen molar-refractivity contribution in [2.24, 2.45) is 5.41 Å². The van der Waals surface area contributed by atoms with Crippen molar-refractivity contribution < 1.29 is 0 Å². The Labute approximate surface area is 117 Å². The van der Waals surface area contributed by atoms with Crippen LogP contribution in [-0.2, 0) is 0 Å². The molecule has 2 fully saturated rings. The molecule has 1 aromatic carbocycles. The van der Waals surface area contributed by atoms with Crippen LogP contribution in [0.5, 0.6) is 0 Å². The number of nitrogens with one attached hydrogen (secondary N) is 1. The Bertz CT molecular complexity index is 410. The molecule has 0 bridgehead atoms. The first-order valence-electron chi connectivity index (χ1n) is 8.00. The van der Waals surface area contributed by atoms with Gasteiger partial charge in [0.25, 0.3) is 0 Å². The lowest BCUT2D eigenvalue weighted by Crippen LogP contribution is -2.32. The van der Waals surface area contributed by atoms with Crippen molar-refractivity contribution in [1.82, 2.24) is 5.32 Å². The minimum absolute atomic E-state index is 0.451. The Kier molecular flexibility index (Phi) is 3.66. The molecule has 3 rings (SSSR count). The highest BCUT2D eigenvalue weighted by Crippen LogP contribution is 2.47. The molecule has 2 aliphatic rings. The summed E-state index contributed by atoms with van der Waals surface area (Å²) >= 11 is 0. The van der Waals surface area contributed by atoms with Crippen molar-refractivity contribution in [2.45, 2.75) is 63.8 Å². The van der Waals surface area contributed by atoms with Crippen molar-refractivity contribution >= 4 is 0 Å². The summed E-state index contributed by atoms with van der Waals surface area (Å²) in [5.74, 6) is 0.851. The number of benzene rings is 1. The molecule has 0 spiro atoms. The summed E-state index contributed by atoms with van der Waals surface area (Å²) in [6, 6.07) is 10.0. The predicted octanol–water partition coefficient (Wildman–Crippen LogP) is 4.79. The average Bonchev–Trinajstić information content (AvgIpc) is 2.78. The Balaban J connectivity index is 1.79. The first kappa shape index (κ1) is 13.2. The zero-order valence-corrected chi connectivity index (χ0v) is 12.4. The lowest BCUT2D eigenvalue weighted by atomic mass is 9.76. The zero-order chi connectivity index (χ0) is 13.3. The normalized spacial score (nSPS) is 24.1. The van der Waals surface area contributed by atoms with E-state index in [1.165, 1.54) is 50.5 Å². The maximum Gasteiger partial charge on any atom is 0.0372 e. The summed E-state index contributed by atoms with van der Waals surface area (Å²) in [6.45, 7) is 2.46. The molecule has 19 heavy (non-hydrogen) atoms. The van der Waals surface area contributed by atoms with Gasteiger partial charge in [0, 0.05) is 6.04 Å². The third-order valence-electron chi connectivity index (χ3n) is 5.58. The van der Waals surface area contributed by atoms with Crippen molar-refractivity contribution in [3.05, 3.63) is 35.4 Å². The van der Waals surface area contributed by atoms with E-state index in [4.69, 9.17) is 0 Å². The van der Waals surface area contributed by atoms with Crippen molar-refractivity contribution in [3.8, 4) is 0 Å². The van der Waals surface area contributed by atoms with Gasteiger partial charge in [0.2, 0.25) is 0 Å². The van der Waals surface area contributed by atoms with E-state index in [2.05, 4.69) is 43.6 Å². The first-order valence-corrected chi connectivity index (χ1v) is 8.00. The molecule has 0 saturated heterocycles. The molecular weight excluding hydrogens is 230 g/mol. The second kappa shape index (κ2) is 5.28. The van der Waals surface area contributed by atoms with Gasteiger partial charge in [0.1, 0.15) is 0 Å². The fraction of sp³-hybridized carbons (Fsp3) is 0.667. The van der Waals surface area contributed by atoms with Gasteiger partial charge < -0.3 is 5.32 Å². The molecule has 1 aromatic rings. The van der Waals surface area contributed by atoms with Gasteiger partial charge in [-0.1, -0.05) is 50.5 Å². The molecule has 1 nitrogen and oxygen atoms in total. The Hall–Kier alpha value is -0.820. The van der Waals surface area contributed by atoms with Gasteiger partial charge in [-0.2, -0.15) is 0 Å². The van der Waals surface area contributed by atoms with Crippen LogP contribution in [0.4, 0.5) is 0 Å². The molecule has 104 valence electrons. The largest absolute Gasteiger partial charge is 0.313 e. The van der Waals surface area contributed by atoms with E-state index in [0.717, 1.165) is 5.92 Å². The van der Waals surface area contributed by atoms with Crippen LogP contribution in [0.3, 0.4) is 0 Å². The molecule has 1 atom stereocenters. The lowest BCUT2D eigenvalue weighted by Gasteiger charge is -2.35. The SMILES string of the molecule is CNC(c1ccc(C2CCC2)cc1)C1(C)CCCC1. The van der Waals surface area contributed by atoms with Gasteiger partial charge in [-0.15, -0.1) is 0 Å². The smallest absolute Gasteiger partial charge is 0.0372 e. The average molecular weight is 257 g/mol. The summed E-state index contributed by atoms with van der Waals surface area (Å²) in [7, 11) is 2.12. The van der Waals surface area contributed by atoms with Gasteiger partial charge in [0.15, 0.2) is 0 Å². The maximum absolute atomic E-state index is 3.58. The Morgan fingerprint density at radius 2 is 1.68 bits per heavy atom. The van der Waals surface area contributed by atoms with E-state index in [9.17, 15) is 0 Å². The summed E-state index contributed by atoms with van der Waals surface area (Å²) in [6.07, 6.45) is 9.73. The van der Waals surface area contributed by atoms with Gasteiger partial charge in [-0.25, -0.2) is 0 Å². The van der Waals surface area contributed by atoms with E-state index in [0.29, 0.717) is 11.5 Å². The molecule has 0 aromatic heterocycles. The highest BCUT2D eigenvalue weighted by Gasteiger charge is 2.37. The van der Waals surface area contributed by atoms with Gasteiger partial charge in [-0.05, 0) is 55.2 Å². The number of hydrogen-bond acceptors (Lipinski definition) is 1. The van der Waals surface area contributed by atoms with E-state index in [1.807, 2.05) is 0 Å². The second-order valence-corrected chi connectivity index (χ2v) is 6.88. The lowest BCUT2D eigenvalue weighted by molar-refractivity contribution is 0.233. The molecule has 0 radical (unpaired) electrons. The number of rotatable bonds is 4. The van der Waals surface area contributed by atoms with Crippen molar-refractivity contribution in [1.29, 1.82) is 0 Å². The fourth-order valence-corrected chi connectivity index (χ4v) is 4.09. The minimum Gasteiger partial charge on any atom is -0.313 e. The fourth-order valence-electron chi connectivity index (χ4n) is 4.09. The number of hydrogen-bond donors (Lipinski definition) is 1. The van der Waals surface area contributed by atoms with E-state index < -0.39 is 0 Å². The maximum atomic E-state index is 3.58. The van der Waals surface area contributed by atoms with Crippen LogP contribution in [0, 0.1) is 5.41 Å². The topological polar surface area (TPSA) is 12.0 Å². The van der Waals surface area contributed by atoms with Gasteiger partial charge in [0.05, 0.1) is 0 Å². The van der Waals surface area contributed by atoms with Crippen LogP contribution in [-0.4, -0.2) is 7.05 Å². The Morgan fingerprint density at radius 3 is 2.16 bits per heavy atom. The van der Waals surface area contributed by atoms with Crippen LogP contribution in [0.15, 0.2) is 24.3 Å². The third kappa shape index (κ3) is 2.45. The summed E-state index contributed by atoms with van der Waals surface area (Å²) in [4.78, 5) is 0. The van der Waals surface area contributed by atoms with Crippen molar-refractivity contribution in [2.75, 3.05) is 7.05 Å². The van der Waals surface area contributed by atoms with Crippen LogP contribution in [0.1, 0.15) is 75.0 Å². The predicted molar refractivity (Wildman–Crippen MR) is 81.4 cm³/mol. The quantitative estimate of drug-likeness (QED) is 0.817. The third-order valence-corrected chi connectivity index (χ3v) is 5.58.